The fourth-order valence-electron chi connectivity index (χ4n) is 1.40. The van der Waals surface area contributed by atoms with Crippen LogP contribution in [0.15, 0.2) is 4.52 Å². The highest BCUT2D eigenvalue weighted by atomic mass is 32.2. The average molecular weight is 258 g/mol. The van der Waals surface area contributed by atoms with Crippen molar-refractivity contribution in [3.8, 4) is 0 Å². The molecule has 0 N–H and O–H groups in total. The van der Waals surface area contributed by atoms with E-state index in [1.807, 2.05) is 0 Å². The normalized spacial score (nSPS) is 18.0. The summed E-state index contributed by atoms with van der Waals surface area (Å²) in [5.41, 5.74) is 0. The van der Waals surface area contributed by atoms with Crippen LogP contribution in [-0.2, 0) is 21.1 Å². The summed E-state index contributed by atoms with van der Waals surface area (Å²) in [4.78, 5) is 15.5. The van der Waals surface area contributed by atoms with Crippen LogP contribution in [0, 0.1) is 5.92 Å². The monoisotopic (exact) mass is 258 g/mol. The molecule has 1 unspecified atom stereocenters. The van der Waals surface area contributed by atoms with Gasteiger partial charge in [-0.2, -0.15) is 4.98 Å². The maximum atomic E-state index is 11.5. The first-order valence-electron chi connectivity index (χ1n) is 5.42. The van der Waals surface area contributed by atoms with Crippen molar-refractivity contribution in [3.05, 3.63) is 11.7 Å². The molecule has 0 amide bonds. The van der Waals surface area contributed by atoms with Gasteiger partial charge in [-0.3, -0.25) is 4.79 Å². The molecule has 0 radical (unpaired) electrons. The molecule has 1 aliphatic carbocycles. The molecule has 0 saturated heterocycles. The molecule has 1 saturated carbocycles. The van der Waals surface area contributed by atoms with E-state index in [1.54, 1.807) is 0 Å². The van der Waals surface area contributed by atoms with Crippen molar-refractivity contribution in [3.63, 3.8) is 0 Å². The molecule has 0 aromatic carbocycles. The van der Waals surface area contributed by atoms with E-state index < -0.39 is 15.1 Å². The van der Waals surface area contributed by atoms with Crippen LogP contribution in [0.3, 0.4) is 0 Å². The van der Waals surface area contributed by atoms with Gasteiger partial charge >= 0.3 is 0 Å². The van der Waals surface area contributed by atoms with Crippen LogP contribution in [0.25, 0.3) is 0 Å². The highest BCUT2D eigenvalue weighted by Crippen LogP contribution is 2.30. The smallest absolute Gasteiger partial charge is 0.234 e. The fraction of sp³-hybridized carbons (Fsp3) is 0.700. The summed E-state index contributed by atoms with van der Waals surface area (Å²) in [7, 11) is -3.24. The highest BCUT2D eigenvalue weighted by Gasteiger charge is 2.31. The number of sulfone groups is 1. The summed E-state index contributed by atoms with van der Waals surface area (Å²) < 4.78 is 27.5. The summed E-state index contributed by atoms with van der Waals surface area (Å²) in [6.45, 7) is 1.49. The van der Waals surface area contributed by atoms with E-state index in [2.05, 4.69) is 10.1 Å². The second-order valence-electron chi connectivity index (χ2n) is 4.44. The molecule has 1 aromatic heterocycles. The van der Waals surface area contributed by atoms with E-state index in [0.717, 1.165) is 19.1 Å². The van der Waals surface area contributed by atoms with Crippen LogP contribution in [0.1, 0.15) is 36.7 Å². The average Bonchev–Trinajstić information content (AvgIpc) is 2.98. The number of nitrogens with zero attached hydrogens (tertiary/aromatic N) is 2. The van der Waals surface area contributed by atoms with Gasteiger partial charge in [-0.15, -0.1) is 0 Å². The van der Waals surface area contributed by atoms with Crippen LogP contribution in [-0.4, -0.2) is 30.6 Å². The Hall–Kier alpha value is -1.24. The molecule has 1 aliphatic rings. The van der Waals surface area contributed by atoms with E-state index >= 15 is 0 Å². The lowest BCUT2D eigenvalue weighted by atomic mass is 10.2. The lowest BCUT2D eigenvalue weighted by Crippen LogP contribution is -2.10. The van der Waals surface area contributed by atoms with Gasteiger partial charge in [-0.05, 0) is 19.8 Å². The topological polar surface area (TPSA) is 90.1 Å². The Kier molecular flexibility index (Phi) is 3.03. The van der Waals surface area contributed by atoms with Crippen molar-refractivity contribution in [1.82, 2.24) is 10.1 Å². The molecule has 7 heteroatoms. The third kappa shape index (κ3) is 2.91. The van der Waals surface area contributed by atoms with E-state index in [9.17, 15) is 13.2 Å². The van der Waals surface area contributed by atoms with Crippen LogP contribution in [0.2, 0.25) is 0 Å². The van der Waals surface area contributed by atoms with Crippen molar-refractivity contribution in [2.45, 2.75) is 31.4 Å². The number of rotatable bonds is 5. The molecule has 0 bridgehead atoms. The third-order valence-electron chi connectivity index (χ3n) is 2.85. The second-order valence-corrected chi connectivity index (χ2v) is 6.80. The molecule has 2 rings (SSSR count). The largest absolute Gasteiger partial charge is 0.339 e. The van der Waals surface area contributed by atoms with Crippen molar-refractivity contribution in [2.24, 2.45) is 5.92 Å². The van der Waals surface area contributed by atoms with Crippen molar-refractivity contribution in [2.75, 3.05) is 6.26 Å². The second kappa shape index (κ2) is 4.21. The first-order valence-corrected chi connectivity index (χ1v) is 7.37. The van der Waals surface area contributed by atoms with Gasteiger partial charge < -0.3 is 4.52 Å². The molecule has 1 fully saturated rings. The van der Waals surface area contributed by atoms with Gasteiger partial charge in [0.2, 0.25) is 5.89 Å². The highest BCUT2D eigenvalue weighted by molar-refractivity contribution is 7.90. The Morgan fingerprint density at radius 1 is 1.53 bits per heavy atom. The van der Waals surface area contributed by atoms with Gasteiger partial charge in [0.25, 0.3) is 0 Å². The maximum absolute atomic E-state index is 11.5. The minimum atomic E-state index is -3.24. The number of Topliss-reactive ketones (excluding diaryl/α,β-unsaturated/α-hetero) is 1. The summed E-state index contributed by atoms with van der Waals surface area (Å²) in [5, 5.41) is 2.79. The zero-order chi connectivity index (χ0) is 12.6. The Morgan fingerprint density at radius 2 is 2.18 bits per heavy atom. The lowest BCUT2D eigenvalue weighted by Gasteiger charge is -2.01. The first kappa shape index (κ1) is 12.2. The third-order valence-corrected chi connectivity index (χ3v) is 4.34. The summed E-state index contributed by atoms with van der Waals surface area (Å²) in [5.74, 6) is 0.545. The van der Waals surface area contributed by atoms with Gasteiger partial charge in [-0.25, -0.2) is 8.42 Å². The summed E-state index contributed by atoms with van der Waals surface area (Å²) in [6.07, 6.45) is 3.08. The Labute approximate surface area is 99.3 Å². The molecule has 1 atom stereocenters. The molecular formula is C10H14N2O4S. The van der Waals surface area contributed by atoms with Crippen LogP contribution in [0.4, 0.5) is 0 Å². The van der Waals surface area contributed by atoms with E-state index in [1.165, 1.54) is 6.92 Å². The molecule has 1 heterocycles. The summed E-state index contributed by atoms with van der Waals surface area (Å²) in [6, 6.07) is 0. The van der Waals surface area contributed by atoms with Gasteiger partial charge in [-0.1, -0.05) is 5.16 Å². The predicted molar refractivity (Wildman–Crippen MR) is 59.0 cm³/mol. The first-order chi connectivity index (χ1) is 7.88. The van der Waals surface area contributed by atoms with Gasteiger partial charge in [0.05, 0.1) is 6.42 Å². The van der Waals surface area contributed by atoms with E-state index in [0.29, 0.717) is 0 Å². The Morgan fingerprint density at radius 3 is 2.71 bits per heavy atom. The maximum Gasteiger partial charge on any atom is 0.234 e. The van der Waals surface area contributed by atoms with Gasteiger partial charge in [0.1, 0.15) is 11.0 Å². The molecule has 17 heavy (non-hydrogen) atoms. The number of ketones is 1. The Balaban J connectivity index is 2.07. The quantitative estimate of drug-likeness (QED) is 0.772. The SMILES string of the molecule is CC(c1noc(CC(=O)C2CC2)n1)S(C)(=O)=O. The zero-order valence-electron chi connectivity index (χ0n) is 9.71. The molecule has 0 spiro atoms. The molecule has 94 valence electrons. The number of hydrogen-bond acceptors (Lipinski definition) is 6. The van der Waals surface area contributed by atoms with Crippen LogP contribution in [0.5, 0.6) is 0 Å². The van der Waals surface area contributed by atoms with Crippen molar-refractivity contribution in [1.29, 1.82) is 0 Å². The zero-order valence-corrected chi connectivity index (χ0v) is 10.5. The standard InChI is InChI=1S/C10H14N2O4S/c1-6(17(2,14)15)10-11-9(16-12-10)5-8(13)7-3-4-7/h6-7H,3-5H2,1-2H3. The van der Waals surface area contributed by atoms with E-state index in [4.69, 9.17) is 4.52 Å². The van der Waals surface area contributed by atoms with Crippen molar-refractivity contribution < 1.29 is 17.7 Å². The predicted octanol–water partition coefficient (Wildman–Crippen LogP) is 0.697. The Bertz CT molecular complexity index is 530. The van der Waals surface area contributed by atoms with Crippen LogP contribution >= 0.6 is 0 Å². The number of carbonyl (C=O) groups is 1. The molecule has 6 nitrogen and oxygen atoms in total. The number of aromatic nitrogens is 2. The minimum Gasteiger partial charge on any atom is -0.339 e. The summed E-state index contributed by atoms with van der Waals surface area (Å²) >= 11 is 0. The number of carbonyl (C=O) groups excluding carboxylic acids is 1. The molecule has 0 aliphatic heterocycles. The minimum absolute atomic E-state index is 0.0900. The van der Waals surface area contributed by atoms with Gasteiger partial charge in [0.15, 0.2) is 15.7 Å². The van der Waals surface area contributed by atoms with Crippen molar-refractivity contribution >= 4 is 15.6 Å². The number of hydrogen-bond donors (Lipinski definition) is 0. The lowest BCUT2D eigenvalue weighted by molar-refractivity contribution is -0.119. The van der Waals surface area contributed by atoms with E-state index in [-0.39, 0.29) is 29.8 Å². The molecule has 1 aromatic rings. The molecular weight excluding hydrogens is 244 g/mol. The van der Waals surface area contributed by atoms with Crippen LogP contribution < -0.4 is 0 Å². The fourth-order valence-corrected chi connectivity index (χ4v) is 1.87. The van der Waals surface area contributed by atoms with Gasteiger partial charge in [0, 0.05) is 12.2 Å².